The van der Waals surface area contributed by atoms with E-state index in [9.17, 15) is 27.9 Å². The first-order valence-electron chi connectivity index (χ1n) is 14.0. The number of nitrogens with two attached hydrogens (primary N) is 1. The lowest BCUT2D eigenvalue weighted by molar-refractivity contribution is -0.144. The molecule has 1 aromatic heterocycles. The zero-order chi connectivity index (χ0) is 30.9. The summed E-state index contributed by atoms with van der Waals surface area (Å²) < 4.78 is 29.2. The molecule has 2 fully saturated rings. The minimum Gasteiger partial charge on any atom is -0.391 e. The number of aryl methyl sites for hydroxylation is 1. The van der Waals surface area contributed by atoms with Crippen LogP contribution in [0.15, 0.2) is 28.8 Å². The number of hydrogen-bond donors (Lipinski definition) is 4. The molecular weight excluding hydrogens is 564 g/mol. The highest BCUT2D eigenvalue weighted by Crippen LogP contribution is 2.28. The van der Waals surface area contributed by atoms with Crippen LogP contribution in [0.5, 0.6) is 0 Å². The monoisotopic (exact) mass is 604 g/mol. The Morgan fingerprint density at radius 2 is 1.93 bits per heavy atom. The molecule has 4 atom stereocenters. The Balaban J connectivity index is 1.41. The van der Waals surface area contributed by atoms with E-state index < -0.39 is 56.7 Å². The third-order valence-corrected chi connectivity index (χ3v) is 9.56. The number of likely N-dealkylation sites (tertiary alicyclic amines) is 1. The van der Waals surface area contributed by atoms with Gasteiger partial charge in [0.2, 0.25) is 29.4 Å². The number of nitrogens with one attached hydrogen (secondary N) is 2. The van der Waals surface area contributed by atoms with Gasteiger partial charge < -0.3 is 30.9 Å². The van der Waals surface area contributed by atoms with Crippen molar-refractivity contribution in [2.75, 3.05) is 18.1 Å². The average molecular weight is 605 g/mol. The molecule has 1 unspecified atom stereocenters. The van der Waals surface area contributed by atoms with Crippen LogP contribution in [-0.4, -0.2) is 88.1 Å². The van der Waals surface area contributed by atoms with Crippen molar-refractivity contribution < 1.29 is 32.4 Å². The molecule has 0 saturated carbocycles. The summed E-state index contributed by atoms with van der Waals surface area (Å²) in [4.78, 5) is 45.6. The van der Waals surface area contributed by atoms with Gasteiger partial charge in [-0.3, -0.25) is 14.4 Å². The molecule has 13 nitrogen and oxygen atoms in total. The molecule has 4 rings (SSSR count). The first kappa shape index (κ1) is 31.6. The predicted octanol–water partition coefficient (Wildman–Crippen LogP) is 0.450. The maximum absolute atomic E-state index is 13.8. The van der Waals surface area contributed by atoms with Gasteiger partial charge in [0.25, 0.3) is 0 Å². The third kappa shape index (κ3) is 7.72. The quantitative estimate of drug-likeness (QED) is 0.328. The van der Waals surface area contributed by atoms with Crippen LogP contribution in [-0.2, 0) is 30.8 Å². The summed E-state index contributed by atoms with van der Waals surface area (Å²) in [6.45, 7) is 7.17. The number of rotatable bonds is 8. The predicted molar refractivity (Wildman–Crippen MR) is 153 cm³/mol. The van der Waals surface area contributed by atoms with Crippen LogP contribution in [0.25, 0.3) is 11.4 Å². The Labute approximate surface area is 245 Å². The Hall–Kier alpha value is -3.36. The second kappa shape index (κ2) is 12.1. The fourth-order valence-electron chi connectivity index (χ4n) is 5.51. The van der Waals surface area contributed by atoms with Gasteiger partial charge in [0.05, 0.1) is 17.6 Å². The number of aliphatic hydroxyl groups excluding tert-OH is 1. The number of sulfone groups is 1. The fourth-order valence-corrected chi connectivity index (χ4v) is 7.36. The number of benzene rings is 1. The second-order valence-corrected chi connectivity index (χ2v) is 14.7. The summed E-state index contributed by atoms with van der Waals surface area (Å²) >= 11 is 0. The molecule has 2 saturated heterocycles. The zero-order valence-electron chi connectivity index (χ0n) is 24.4. The van der Waals surface area contributed by atoms with E-state index in [1.165, 1.54) is 4.90 Å². The van der Waals surface area contributed by atoms with Crippen LogP contribution in [0.4, 0.5) is 0 Å². The van der Waals surface area contributed by atoms with Gasteiger partial charge in [-0.2, -0.15) is 4.98 Å². The highest BCUT2D eigenvalue weighted by molar-refractivity contribution is 7.91. The first-order valence-corrected chi connectivity index (χ1v) is 15.8. The van der Waals surface area contributed by atoms with Crippen molar-refractivity contribution in [3.8, 4) is 11.4 Å². The summed E-state index contributed by atoms with van der Waals surface area (Å²) in [5, 5.41) is 19.9. The van der Waals surface area contributed by atoms with E-state index in [-0.39, 0.29) is 37.4 Å². The molecule has 0 spiro atoms. The lowest BCUT2D eigenvalue weighted by Gasteiger charge is -2.37. The van der Waals surface area contributed by atoms with Crippen molar-refractivity contribution in [1.82, 2.24) is 25.7 Å². The molecule has 1 aromatic carbocycles. The van der Waals surface area contributed by atoms with Gasteiger partial charge in [-0.1, -0.05) is 50.2 Å². The van der Waals surface area contributed by atoms with Gasteiger partial charge in [0.15, 0.2) is 9.84 Å². The molecule has 0 bridgehead atoms. The summed E-state index contributed by atoms with van der Waals surface area (Å²) in [6.07, 6.45) is -0.336. The number of aliphatic hydroxyl groups is 1. The lowest BCUT2D eigenvalue weighted by atomic mass is 9.84. The standard InChI is InChI=1S/C28H40N6O7S/c1-17-31-24(33-41-17)19-8-6-18(7-9-19)14-30-25(37)21-12-20(35)15-34(21)26(38)23(27(2,3)4)32-22(36)13-28(29)10-5-11-42(39,40)16-28/h6-9,20-21,23,35H,5,10-16,29H2,1-4H3,(H,30,37)(H,32,36)/t20-,21+,23-,28?/m1/s1. The average Bonchev–Trinajstić information content (AvgIpc) is 3.49. The van der Waals surface area contributed by atoms with Crippen LogP contribution in [0.3, 0.4) is 0 Å². The smallest absolute Gasteiger partial charge is 0.246 e. The largest absolute Gasteiger partial charge is 0.391 e. The maximum Gasteiger partial charge on any atom is 0.246 e. The Kier molecular flexibility index (Phi) is 9.09. The highest BCUT2D eigenvalue weighted by atomic mass is 32.2. The van der Waals surface area contributed by atoms with Gasteiger partial charge in [-0.25, -0.2) is 8.42 Å². The molecular formula is C28H40N6O7S. The van der Waals surface area contributed by atoms with Crippen LogP contribution in [0, 0.1) is 12.3 Å². The minimum absolute atomic E-state index is 0.0443. The fraction of sp³-hybridized carbons (Fsp3) is 0.607. The molecule has 230 valence electrons. The normalized spacial score (nSPS) is 24.7. The van der Waals surface area contributed by atoms with Crippen LogP contribution < -0.4 is 16.4 Å². The number of aromatic nitrogens is 2. The van der Waals surface area contributed by atoms with Crippen molar-refractivity contribution in [3.63, 3.8) is 0 Å². The Morgan fingerprint density at radius 3 is 2.52 bits per heavy atom. The van der Waals surface area contributed by atoms with Crippen molar-refractivity contribution in [1.29, 1.82) is 0 Å². The van der Waals surface area contributed by atoms with Crippen molar-refractivity contribution in [2.45, 2.75) is 83.6 Å². The number of nitrogens with zero attached hydrogens (tertiary/aromatic N) is 3. The number of carbonyl (C=O) groups is 3. The number of β-amino-alcohol motifs (C(OH)–C–C–N with tert-alkyl or cyclic N) is 1. The molecule has 0 aliphatic carbocycles. The van der Waals surface area contributed by atoms with E-state index >= 15 is 0 Å². The summed E-state index contributed by atoms with van der Waals surface area (Å²) in [5.41, 5.74) is 5.90. The molecule has 5 N–H and O–H groups in total. The van der Waals surface area contributed by atoms with Crippen molar-refractivity contribution in [3.05, 3.63) is 35.7 Å². The van der Waals surface area contributed by atoms with Gasteiger partial charge in [0, 0.05) is 44.0 Å². The summed E-state index contributed by atoms with van der Waals surface area (Å²) in [7, 11) is -3.35. The van der Waals surface area contributed by atoms with Gasteiger partial charge in [-0.15, -0.1) is 0 Å². The molecule has 3 heterocycles. The van der Waals surface area contributed by atoms with E-state index in [0.717, 1.165) is 11.1 Å². The lowest BCUT2D eigenvalue weighted by Crippen LogP contribution is -2.59. The summed E-state index contributed by atoms with van der Waals surface area (Å²) in [6, 6.07) is 5.30. The van der Waals surface area contributed by atoms with E-state index in [4.69, 9.17) is 10.3 Å². The maximum atomic E-state index is 13.8. The van der Waals surface area contributed by atoms with Gasteiger partial charge in [0.1, 0.15) is 12.1 Å². The second-order valence-electron chi connectivity index (χ2n) is 12.5. The molecule has 3 amide bonds. The number of carbonyl (C=O) groups excluding carboxylic acids is 3. The zero-order valence-corrected chi connectivity index (χ0v) is 25.2. The Bertz CT molecular complexity index is 1420. The SMILES string of the molecule is Cc1nc(-c2ccc(CNC(=O)[C@@H]3C[C@@H](O)CN3C(=O)[C@@H](NC(=O)CC3(N)CCCS(=O)(=O)C3)C(C)(C)C)cc2)no1. The molecule has 2 aliphatic heterocycles. The van der Waals surface area contributed by atoms with Crippen LogP contribution in [0.1, 0.15) is 57.9 Å². The van der Waals surface area contributed by atoms with Crippen molar-refractivity contribution >= 4 is 27.6 Å². The third-order valence-electron chi connectivity index (χ3n) is 7.64. The molecule has 2 aliphatic rings. The highest BCUT2D eigenvalue weighted by Gasteiger charge is 2.45. The topological polar surface area (TPSA) is 198 Å². The van der Waals surface area contributed by atoms with E-state index in [0.29, 0.717) is 24.6 Å². The molecule has 42 heavy (non-hydrogen) atoms. The van der Waals surface area contributed by atoms with E-state index in [1.54, 1.807) is 27.7 Å². The minimum atomic E-state index is -3.35. The van der Waals surface area contributed by atoms with Crippen molar-refractivity contribution in [2.24, 2.45) is 11.1 Å². The van der Waals surface area contributed by atoms with Crippen LogP contribution >= 0.6 is 0 Å². The number of hydrogen-bond acceptors (Lipinski definition) is 10. The van der Waals surface area contributed by atoms with Gasteiger partial charge in [-0.05, 0) is 23.8 Å². The molecule has 2 aromatic rings. The summed E-state index contributed by atoms with van der Waals surface area (Å²) in [5.74, 6) is -0.800. The van der Waals surface area contributed by atoms with Gasteiger partial charge >= 0.3 is 0 Å². The van der Waals surface area contributed by atoms with E-state index in [2.05, 4.69) is 20.8 Å². The van der Waals surface area contributed by atoms with E-state index in [1.807, 2.05) is 24.3 Å². The van der Waals surface area contributed by atoms with Crippen LogP contribution in [0.2, 0.25) is 0 Å². The first-order chi connectivity index (χ1) is 19.6. The molecule has 14 heteroatoms. The Morgan fingerprint density at radius 1 is 1.24 bits per heavy atom. The molecule has 0 radical (unpaired) electrons. The number of amides is 3.